The first kappa shape index (κ1) is 10.0. The maximum absolute atomic E-state index is 5.52. The van der Waals surface area contributed by atoms with Crippen LogP contribution in [0.15, 0.2) is 0 Å². The van der Waals surface area contributed by atoms with Gasteiger partial charge in [-0.05, 0) is 12.8 Å². The number of hydrogen-bond donors (Lipinski definition) is 0. The minimum Gasteiger partial charge on any atom is -0.378 e. The number of hydrogen-bond acceptors (Lipinski definition) is 2. The van der Waals surface area contributed by atoms with Gasteiger partial charge in [0.05, 0.1) is 19.8 Å². The summed E-state index contributed by atoms with van der Waals surface area (Å²) in [6.45, 7) is 7.05. The van der Waals surface area contributed by atoms with Gasteiger partial charge in [-0.1, -0.05) is 25.7 Å². The van der Waals surface area contributed by atoms with Crippen LogP contribution in [0.3, 0.4) is 0 Å². The third-order valence-electron chi connectivity index (χ3n) is 3.04. The lowest BCUT2D eigenvalue weighted by Gasteiger charge is -2.32. The molecular formula is C12H19NO. The third-order valence-corrected chi connectivity index (χ3v) is 3.04. The Hall–Kier alpha value is -0.520. The van der Waals surface area contributed by atoms with Crippen LogP contribution in [0.1, 0.15) is 26.7 Å². The molecule has 2 fully saturated rings. The van der Waals surface area contributed by atoms with Crippen LogP contribution in [-0.2, 0) is 4.74 Å². The molecule has 2 rings (SSSR count). The molecule has 2 atom stereocenters. The van der Waals surface area contributed by atoms with Crippen molar-refractivity contribution in [3.05, 3.63) is 0 Å². The molecule has 78 valence electrons. The normalized spacial score (nSPS) is 31.6. The lowest BCUT2D eigenvalue weighted by molar-refractivity contribution is -0.00744. The van der Waals surface area contributed by atoms with E-state index in [1.165, 1.54) is 12.8 Å². The second-order valence-electron chi connectivity index (χ2n) is 4.57. The lowest BCUT2D eigenvalue weighted by Crippen LogP contribution is -2.45. The second-order valence-corrected chi connectivity index (χ2v) is 4.57. The smallest absolute Gasteiger partial charge is 0.0623 e. The summed E-state index contributed by atoms with van der Waals surface area (Å²) in [6.07, 6.45) is 2.60. The van der Waals surface area contributed by atoms with E-state index in [2.05, 4.69) is 30.6 Å². The SMILES string of the molecule is CC(C)C#CCN1C2CCC1COC2. The fourth-order valence-electron chi connectivity index (χ4n) is 2.31. The third kappa shape index (κ3) is 2.10. The van der Waals surface area contributed by atoms with Gasteiger partial charge < -0.3 is 4.74 Å². The molecule has 0 amide bonds. The molecule has 0 aromatic rings. The fraction of sp³-hybridized carbons (Fsp3) is 0.833. The highest BCUT2D eigenvalue weighted by Gasteiger charge is 2.36. The predicted molar refractivity (Wildman–Crippen MR) is 56.9 cm³/mol. The quantitative estimate of drug-likeness (QED) is 0.585. The molecule has 0 radical (unpaired) electrons. The van der Waals surface area contributed by atoms with Crippen LogP contribution in [0, 0.1) is 17.8 Å². The van der Waals surface area contributed by atoms with Crippen molar-refractivity contribution in [2.24, 2.45) is 5.92 Å². The Morgan fingerprint density at radius 3 is 2.50 bits per heavy atom. The van der Waals surface area contributed by atoms with E-state index < -0.39 is 0 Å². The van der Waals surface area contributed by atoms with Crippen LogP contribution >= 0.6 is 0 Å². The molecule has 2 unspecified atom stereocenters. The monoisotopic (exact) mass is 193 g/mol. The summed E-state index contributed by atoms with van der Waals surface area (Å²) in [5, 5.41) is 0. The number of fused-ring (bicyclic) bond motifs is 2. The highest BCUT2D eigenvalue weighted by Crippen LogP contribution is 2.27. The van der Waals surface area contributed by atoms with Gasteiger partial charge in [0.1, 0.15) is 0 Å². The molecule has 2 heterocycles. The van der Waals surface area contributed by atoms with Gasteiger partial charge in [-0.3, -0.25) is 4.90 Å². The summed E-state index contributed by atoms with van der Waals surface area (Å²) < 4.78 is 5.52. The minimum atomic E-state index is 0.494. The van der Waals surface area contributed by atoms with E-state index in [-0.39, 0.29) is 0 Å². The first-order chi connectivity index (χ1) is 6.77. The largest absolute Gasteiger partial charge is 0.378 e. The van der Waals surface area contributed by atoms with Gasteiger partial charge in [-0.25, -0.2) is 0 Å². The van der Waals surface area contributed by atoms with Crippen LogP contribution in [-0.4, -0.2) is 36.7 Å². The molecule has 2 heteroatoms. The molecule has 2 saturated heterocycles. The first-order valence-corrected chi connectivity index (χ1v) is 5.59. The summed E-state index contributed by atoms with van der Waals surface area (Å²) in [5.41, 5.74) is 0. The van der Waals surface area contributed by atoms with Crippen LogP contribution in [0.4, 0.5) is 0 Å². The average molecular weight is 193 g/mol. The van der Waals surface area contributed by atoms with Crippen molar-refractivity contribution in [3.63, 3.8) is 0 Å². The van der Waals surface area contributed by atoms with Gasteiger partial charge in [0.2, 0.25) is 0 Å². The van der Waals surface area contributed by atoms with Crippen LogP contribution in [0.25, 0.3) is 0 Å². The van der Waals surface area contributed by atoms with Crippen molar-refractivity contribution in [1.29, 1.82) is 0 Å². The average Bonchev–Trinajstić information content (AvgIpc) is 2.39. The Morgan fingerprint density at radius 1 is 1.29 bits per heavy atom. The van der Waals surface area contributed by atoms with Gasteiger partial charge in [0.25, 0.3) is 0 Å². The van der Waals surface area contributed by atoms with E-state index in [9.17, 15) is 0 Å². The van der Waals surface area contributed by atoms with E-state index in [4.69, 9.17) is 4.74 Å². The van der Waals surface area contributed by atoms with Crippen LogP contribution < -0.4 is 0 Å². The van der Waals surface area contributed by atoms with E-state index in [1.807, 2.05) is 0 Å². The molecule has 0 aromatic heterocycles. The fourth-order valence-corrected chi connectivity index (χ4v) is 2.31. The van der Waals surface area contributed by atoms with Crippen molar-refractivity contribution in [2.75, 3.05) is 19.8 Å². The molecule has 2 nitrogen and oxygen atoms in total. The zero-order valence-corrected chi connectivity index (χ0v) is 9.12. The number of morpholine rings is 1. The Bertz CT molecular complexity index is 235. The summed E-state index contributed by atoms with van der Waals surface area (Å²) in [4.78, 5) is 2.53. The predicted octanol–water partition coefficient (Wildman–Crippen LogP) is 1.51. The summed E-state index contributed by atoms with van der Waals surface area (Å²) in [6, 6.07) is 1.30. The molecule has 0 N–H and O–H groups in total. The summed E-state index contributed by atoms with van der Waals surface area (Å²) in [5.74, 6) is 7.00. The van der Waals surface area contributed by atoms with Gasteiger partial charge in [0, 0.05) is 18.0 Å². The van der Waals surface area contributed by atoms with E-state index in [1.54, 1.807) is 0 Å². The second kappa shape index (κ2) is 4.33. The first-order valence-electron chi connectivity index (χ1n) is 5.59. The lowest BCUT2D eigenvalue weighted by atomic mass is 10.2. The minimum absolute atomic E-state index is 0.494. The van der Waals surface area contributed by atoms with Gasteiger partial charge in [0.15, 0.2) is 0 Å². The molecule has 2 aliphatic heterocycles. The summed E-state index contributed by atoms with van der Waals surface area (Å²) in [7, 11) is 0. The van der Waals surface area contributed by atoms with Gasteiger partial charge in [-0.15, -0.1) is 0 Å². The van der Waals surface area contributed by atoms with Crippen molar-refractivity contribution in [1.82, 2.24) is 4.90 Å². The molecule has 0 spiro atoms. The Balaban J connectivity index is 1.90. The molecule has 14 heavy (non-hydrogen) atoms. The Kier molecular flexibility index (Phi) is 3.10. The summed E-state index contributed by atoms with van der Waals surface area (Å²) >= 11 is 0. The maximum atomic E-state index is 5.52. The van der Waals surface area contributed by atoms with Crippen LogP contribution in [0.2, 0.25) is 0 Å². The van der Waals surface area contributed by atoms with Crippen LogP contribution in [0.5, 0.6) is 0 Å². The highest BCUT2D eigenvalue weighted by molar-refractivity contribution is 5.06. The highest BCUT2D eigenvalue weighted by atomic mass is 16.5. The van der Waals surface area contributed by atoms with E-state index >= 15 is 0 Å². The molecule has 2 bridgehead atoms. The van der Waals surface area contributed by atoms with Crippen molar-refractivity contribution >= 4 is 0 Å². The zero-order chi connectivity index (χ0) is 9.97. The molecular weight excluding hydrogens is 174 g/mol. The maximum Gasteiger partial charge on any atom is 0.0623 e. The molecule has 0 aliphatic carbocycles. The van der Waals surface area contributed by atoms with Gasteiger partial charge >= 0.3 is 0 Å². The van der Waals surface area contributed by atoms with Gasteiger partial charge in [-0.2, -0.15) is 0 Å². The Morgan fingerprint density at radius 2 is 1.93 bits per heavy atom. The molecule has 0 aromatic carbocycles. The molecule has 2 aliphatic rings. The number of rotatable bonds is 1. The standard InChI is InChI=1S/C12H19NO/c1-10(2)4-3-7-13-11-5-6-12(13)9-14-8-11/h10-12H,5-9H2,1-2H3. The van der Waals surface area contributed by atoms with Crippen molar-refractivity contribution < 1.29 is 4.74 Å². The van der Waals surface area contributed by atoms with E-state index in [0.717, 1.165) is 19.8 Å². The zero-order valence-electron chi connectivity index (χ0n) is 9.12. The van der Waals surface area contributed by atoms with E-state index in [0.29, 0.717) is 18.0 Å². The Labute approximate surface area is 86.6 Å². The topological polar surface area (TPSA) is 12.5 Å². The number of ether oxygens (including phenoxy) is 1. The van der Waals surface area contributed by atoms with Crippen molar-refractivity contribution in [3.8, 4) is 11.8 Å². The number of nitrogens with zero attached hydrogens (tertiary/aromatic N) is 1. The van der Waals surface area contributed by atoms with Crippen molar-refractivity contribution in [2.45, 2.75) is 38.8 Å². The molecule has 0 saturated carbocycles.